The number of ether oxygens (including phenoxy) is 1. The van der Waals surface area contributed by atoms with Crippen LogP contribution in [0.25, 0.3) is 0 Å². The lowest BCUT2D eigenvalue weighted by Crippen LogP contribution is -2.65. The lowest BCUT2D eigenvalue weighted by Gasteiger charge is -2.52. The number of piperidine rings is 1. The molecule has 2 fully saturated rings. The largest absolute Gasteiger partial charge is 0.465 e. The van der Waals surface area contributed by atoms with Gasteiger partial charge in [0.2, 0.25) is 0 Å². The van der Waals surface area contributed by atoms with Crippen molar-refractivity contribution in [2.45, 2.75) is 51.4 Å². The van der Waals surface area contributed by atoms with Crippen molar-refractivity contribution < 1.29 is 19.7 Å². The molecule has 2 saturated heterocycles. The highest BCUT2D eigenvalue weighted by Crippen LogP contribution is 2.51. The smallest absolute Gasteiger partial charge is 0.407 e. The summed E-state index contributed by atoms with van der Waals surface area (Å²) in [6.45, 7) is 6.42. The Labute approximate surface area is 101 Å². The summed E-state index contributed by atoms with van der Waals surface area (Å²) in [6.07, 6.45) is 0.171. The predicted molar refractivity (Wildman–Crippen MR) is 61.9 cm³/mol. The van der Waals surface area contributed by atoms with Crippen molar-refractivity contribution in [2.75, 3.05) is 13.2 Å². The average molecular weight is 243 g/mol. The second kappa shape index (κ2) is 3.85. The van der Waals surface area contributed by atoms with E-state index < -0.39 is 17.7 Å². The van der Waals surface area contributed by atoms with Gasteiger partial charge in [0.25, 0.3) is 0 Å². The number of aliphatic hydroxyl groups is 1. The average Bonchev–Trinajstić information content (AvgIpc) is 2.51. The minimum Gasteiger partial charge on any atom is -0.465 e. The molecule has 5 nitrogen and oxygen atoms in total. The summed E-state index contributed by atoms with van der Waals surface area (Å²) in [5, 5.41) is 18.9. The molecule has 2 aliphatic rings. The fourth-order valence-corrected chi connectivity index (χ4v) is 3.45. The minimum absolute atomic E-state index is 0.0852. The molecule has 0 saturated carbocycles. The van der Waals surface area contributed by atoms with Crippen LogP contribution in [-0.2, 0) is 4.74 Å². The predicted octanol–water partition coefficient (Wildman–Crippen LogP) is 1.30. The van der Waals surface area contributed by atoms with Crippen molar-refractivity contribution in [3.05, 3.63) is 0 Å². The van der Waals surface area contributed by atoms with Crippen molar-refractivity contribution in [3.63, 3.8) is 0 Å². The van der Waals surface area contributed by atoms with Crippen LogP contribution < -0.4 is 0 Å². The van der Waals surface area contributed by atoms with E-state index >= 15 is 0 Å². The van der Waals surface area contributed by atoms with Crippen LogP contribution in [0.3, 0.4) is 0 Å². The van der Waals surface area contributed by atoms with Crippen LogP contribution in [0, 0.1) is 5.41 Å². The molecule has 3 atom stereocenters. The summed E-state index contributed by atoms with van der Waals surface area (Å²) in [7, 11) is 0. The quantitative estimate of drug-likeness (QED) is 0.728. The van der Waals surface area contributed by atoms with Crippen LogP contribution in [0.4, 0.5) is 4.79 Å². The van der Waals surface area contributed by atoms with Crippen molar-refractivity contribution in [3.8, 4) is 0 Å². The molecular weight excluding hydrogens is 222 g/mol. The summed E-state index contributed by atoms with van der Waals surface area (Å²) < 4.78 is 5.79. The number of fused-ring (bicyclic) bond motifs is 2. The molecule has 0 aromatic carbocycles. The van der Waals surface area contributed by atoms with Crippen molar-refractivity contribution in [1.29, 1.82) is 0 Å². The van der Waals surface area contributed by atoms with E-state index in [4.69, 9.17) is 4.74 Å². The molecule has 2 unspecified atom stereocenters. The number of aliphatic hydroxyl groups excluding tert-OH is 1. The maximum atomic E-state index is 11.4. The molecule has 2 heterocycles. The third kappa shape index (κ3) is 1.64. The van der Waals surface area contributed by atoms with E-state index in [1.54, 1.807) is 0 Å². The lowest BCUT2D eigenvalue weighted by molar-refractivity contribution is -0.0638. The molecule has 1 amide bonds. The summed E-state index contributed by atoms with van der Waals surface area (Å²) in [6, 6.07) is 0. The van der Waals surface area contributed by atoms with Gasteiger partial charge in [-0.05, 0) is 11.8 Å². The molecule has 0 aliphatic carbocycles. The first kappa shape index (κ1) is 12.6. The fourth-order valence-electron chi connectivity index (χ4n) is 3.45. The zero-order chi connectivity index (χ0) is 12.8. The monoisotopic (exact) mass is 243 g/mol. The third-order valence-electron chi connectivity index (χ3n) is 4.28. The zero-order valence-electron chi connectivity index (χ0n) is 10.6. The number of hydrogen-bond donors (Lipinski definition) is 2. The maximum Gasteiger partial charge on any atom is 0.407 e. The second-order valence-electron chi connectivity index (χ2n) is 6.03. The summed E-state index contributed by atoms with van der Waals surface area (Å²) in [5.74, 6) is 0. The molecule has 2 aliphatic heterocycles. The molecule has 0 spiro atoms. The van der Waals surface area contributed by atoms with E-state index in [1.165, 1.54) is 4.90 Å². The third-order valence-corrected chi connectivity index (χ3v) is 4.28. The van der Waals surface area contributed by atoms with Gasteiger partial charge in [0.15, 0.2) is 0 Å². The zero-order valence-corrected chi connectivity index (χ0v) is 10.6. The summed E-state index contributed by atoms with van der Waals surface area (Å²) in [5.41, 5.74) is -0.857. The van der Waals surface area contributed by atoms with Crippen molar-refractivity contribution in [2.24, 2.45) is 5.41 Å². The van der Waals surface area contributed by atoms with Gasteiger partial charge < -0.3 is 14.9 Å². The van der Waals surface area contributed by atoms with Crippen LogP contribution in [0.2, 0.25) is 0 Å². The van der Waals surface area contributed by atoms with E-state index in [1.807, 2.05) is 20.8 Å². The number of hydrogen-bond acceptors (Lipinski definition) is 3. The van der Waals surface area contributed by atoms with E-state index in [0.717, 1.165) is 6.42 Å². The van der Waals surface area contributed by atoms with Crippen LogP contribution in [0.15, 0.2) is 0 Å². The Kier molecular flexibility index (Phi) is 2.86. The van der Waals surface area contributed by atoms with E-state index in [-0.39, 0.29) is 18.1 Å². The number of amides is 1. The molecular formula is C12H21NO4. The highest BCUT2D eigenvalue weighted by atomic mass is 16.5. The van der Waals surface area contributed by atoms with Gasteiger partial charge in [0.1, 0.15) is 6.10 Å². The van der Waals surface area contributed by atoms with Gasteiger partial charge in [-0.2, -0.15) is 0 Å². The van der Waals surface area contributed by atoms with Gasteiger partial charge in [-0.1, -0.05) is 20.8 Å². The topological polar surface area (TPSA) is 70.0 Å². The van der Waals surface area contributed by atoms with Gasteiger partial charge in [0.05, 0.1) is 18.2 Å². The normalized spacial score (nSPS) is 37.3. The van der Waals surface area contributed by atoms with Crippen molar-refractivity contribution >= 4 is 6.09 Å². The highest BCUT2D eigenvalue weighted by molar-refractivity contribution is 5.67. The minimum atomic E-state index is -0.915. The second-order valence-corrected chi connectivity index (χ2v) is 6.03. The van der Waals surface area contributed by atoms with Gasteiger partial charge in [-0.3, -0.25) is 4.90 Å². The van der Waals surface area contributed by atoms with Gasteiger partial charge in [0, 0.05) is 13.0 Å². The van der Waals surface area contributed by atoms with Gasteiger partial charge >= 0.3 is 6.09 Å². The van der Waals surface area contributed by atoms with Crippen molar-refractivity contribution in [1.82, 2.24) is 4.90 Å². The van der Waals surface area contributed by atoms with Crippen LogP contribution >= 0.6 is 0 Å². The van der Waals surface area contributed by atoms with E-state index in [0.29, 0.717) is 13.0 Å². The maximum absolute atomic E-state index is 11.4. The van der Waals surface area contributed by atoms with E-state index in [9.17, 15) is 15.0 Å². The SMILES string of the molecule is CC(C)(C)C12CC(CCN1C(=O)O)O[C@H]2CO. The fraction of sp³-hybridized carbons (Fsp3) is 0.917. The standard InChI is InChI=1S/C12H21NO4/c1-11(2,3)12-6-8(17-9(12)7-14)4-5-13(12)10(15)16/h8-9,14H,4-7H2,1-3H3,(H,15,16)/t8?,9-,12?/m0/s1. The Balaban J connectivity index is 2.46. The van der Waals surface area contributed by atoms with Crippen LogP contribution in [-0.4, -0.2) is 52.1 Å². The number of likely N-dealkylation sites (tertiary alicyclic amines) is 1. The molecule has 0 aromatic rings. The number of rotatable bonds is 1. The Morgan fingerprint density at radius 3 is 2.65 bits per heavy atom. The van der Waals surface area contributed by atoms with Gasteiger partial charge in [-0.25, -0.2) is 4.79 Å². The molecule has 0 aromatic heterocycles. The van der Waals surface area contributed by atoms with E-state index in [2.05, 4.69) is 0 Å². The van der Waals surface area contributed by atoms with Crippen LogP contribution in [0.1, 0.15) is 33.6 Å². The lowest BCUT2D eigenvalue weighted by atomic mass is 9.66. The first-order chi connectivity index (χ1) is 7.83. The Morgan fingerprint density at radius 2 is 2.18 bits per heavy atom. The molecule has 2 N–H and O–H groups in total. The summed E-state index contributed by atoms with van der Waals surface area (Å²) in [4.78, 5) is 12.9. The molecule has 98 valence electrons. The molecule has 2 rings (SSSR count). The number of carbonyl (C=O) groups is 1. The van der Waals surface area contributed by atoms with Crippen LogP contribution in [0.5, 0.6) is 0 Å². The first-order valence-electron chi connectivity index (χ1n) is 6.10. The molecule has 5 heteroatoms. The first-order valence-corrected chi connectivity index (χ1v) is 6.10. The Morgan fingerprint density at radius 1 is 1.53 bits per heavy atom. The number of carboxylic acid groups (broad SMARTS) is 1. The Bertz CT molecular complexity index is 325. The Hall–Kier alpha value is -0.810. The van der Waals surface area contributed by atoms with Gasteiger partial charge in [-0.15, -0.1) is 0 Å². The summed E-state index contributed by atoms with van der Waals surface area (Å²) >= 11 is 0. The molecule has 0 radical (unpaired) electrons. The number of nitrogens with zero attached hydrogens (tertiary/aromatic N) is 1. The molecule has 2 bridgehead atoms. The molecule has 17 heavy (non-hydrogen) atoms. The highest BCUT2D eigenvalue weighted by Gasteiger charge is 2.62.